The molecule has 0 spiro atoms. The zero-order valence-corrected chi connectivity index (χ0v) is 7.95. The summed E-state index contributed by atoms with van der Waals surface area (Å²) in [4.78, 5) is 10.7. The van der Waals surface area contributed by atoms with Gasteiger partial charge >= 0.3 is 5.97 Å². The van der Waals surface area contributed by atoms with Crippen LogP contribution >= 0.6 is 0 Å². The summed E-state index contributed by atoms with van der Waals surface area (Å²) in [7, 11) is 0. The Labute approximate surface area is 78.4 Å². The Hall–Kier alpha value is -0.830. The monoisotopic (exact) mass is 184 g/mol. The molecule has 1 saturated heterocycles. The highest BCUT2D eigenvalue weighted by molar-refractivity contribution is 5.86. The average molecular weight is 184 g/mol. The highest BCUT2D eigenvalue weighted by Gasteiger charge is 2.35. The molecule has 0 saturated carbocycles. The van der Waals surface area contributed by atoms with Gasteiger partial charge in [-0.1, -0.05) is 26.3 Å². The van der Waals surface area contributed by atoms with Gasteiger partial charge in [0.2, 0.25) is 0 Å². The molecule has 1 N–H and O–H groups in total. The fraction of sp³-hybridized carbons (Fsp3) is 0.700. The lowest BCUT2D eigenvalue weighted by molar-refractivity contribution is -0.133. The molecule has 74 valence electrons. The number of ether oxygens (including phenoxy) is 1. The second-order valence-corrected chi connectivity index (χ2v) is 3.45. The van der Waals surface area contributed by atoms with Crippen molar-refractivity contribution in [1.29, 1.82) is 0 Å². The van der Waals surface area contributed by atoms with Crippen molar-refractivity contribution in [3.05, 3.63) is 12.2 Å². The summed E-state index contributed by atoms with van der Waals surface area (Å²) in [6.45, 7) is 6.38. The molecule has 13 heavy (non-hydrogen) atoms. The molecule has 0 radical (unpaired) electrons. The Balaban J connectivity index is 2.46. The standard InChI is InChI=1S/C10H16O3/c1-3-4-5-8(9-6-13-9)7(2)10(11)12/h8-9H,2-6H2,1H3,(H,11,12). The molecule has 1 fully saturated rings. The second kappa shape index (κ2) is 4.42. The Morgan fingerprint density at radius 3 is 2.77 bits per heavy atom. The van der Waals surface area contributed by atoms with E-state index in [1.807, 2.05) is 0 Å². The number of aliphatic carboxylic acids is 1. The first-order chi connectivity index (χ1) is 6.16. The van der Waals surface area contributed by atoms with E-state index in [2.05, 4.69) is 13.5 Å². The van der Waals surface area contributed by atoms with Gasteiger partial charge in [-0.15, -0.1) is 0 Å². The average Bonchev–Trinajstić information content (AvgIpc) is 2.88. The molecule has 0 aromatic heterocycles. The van der Waals surface area contributed by atoms with Crippen LogP contribution in [0.2, 0.25) is 0 Å². The van der Waals surface area contributed by atoms with Gasteiger partial charge in [0.1, 0.15) is 0 Å². The van der Waals surface area contributed by atoms with Crippen LogP contribution in [0.15, 0.2) is 12.2 Å². The summed E-state index contributed by atoms with van der Waals surface area (Å²) in [5, 5.41) is 8.77. The van der Waals surface area contributed by atoms with Crippen molar-refractivity contribution in [1.82, 2.24) is 0 Å². The van der Waals surface area contributed by atoms with Gasteiger partial charge in [-0.2, -0.15) is 0 Å². The maximum Gasteiger partial charge on any atom is 0.331 e. The minimum atomic E-state index is -0.892. The van der Waals surface area contributed by atoms with E-state index >= 15 is 0 Å². The van der Waals surface area contributed by atoms with E-state index in [1.54, 1.807) is 0 Å². The number of epoxide rings is 1. The van der Waals surface area contributed by atoms with Gasteiger partial charge in [0.05, 0.1) is 12.7 Å². The van der Waals surface area contributed by atoms with Gasteiger partial charge in [0.15, 0.2) is 0 Å². The van der Waals surface area contributed by atoms with E-state index < -0.39 is 5.97 Å². The van der Waals surface area contributed by atoms with Crippen LogP contribution in [-0.4, -0.2) is 23.8 Å². The molecule has 0 aromatic carbocycles. The second-order valence-electron chi connectivity index (χ2n) is 3.45. The zero-order valence-electron chi connectivity index (χ0n) is 7.95. The van der Waals surface area contributed by atoms with E-state index in [1.165, 1.54) is 0 Å². The number of unbranched alkanes of at least 4 members (excludes halogenated alkanes) is 1. The molecule has 0 bridgehead atoms. The van der Waals surface area contributed by atoms with E-state index in [4.69, 9.17) is 9.84 Å². The molecule has 1 rings (SSSR count). The Morgan fingerprint density at radius 1 is 1.77 bits per heavy atom. The van der Waals surface area contributed by atoms with Crippen LogP contribution in [0.3, 0.4) is 0 Å². The fourth-order valence-corrected chi connectivity index (χ4v) is 1.46. The van der Waals surface area contributed by atoms with E-state index in [0.29, 0.717) is 12.2 Å². The topological polar surface area (TPSA) is 49.8 Å². The maximum atomic E-state index is 10.7. The number of carboxylic acid groups (broad SMARTS) is 1. The van der Waals surface area contributed by atoms with Crippen molar-refractivity contribution in [2.24, 2.45) is 5.92 Å². The van der Waals surface area contributed by atoms with Crippen LogP contribution in [0, 0.1) is 5.92 Å². The summed E-state index contributed by atoms with van der Waals surface area (Å²) in [5.74, 6) is -0.867. The van der Waals surface area contributed by atoms with Gasteiger partial charge < -0.3 is 9.84 Å². The summed E-state index contributed by atoms with van der Waals surface area (Å²) in [6.07, 6.45) is 3.12. The zero-order chi connectivity index (χ0) is 9.84. The highest BCUT2D eigenvalue weighted by Crippen LogP contribution is 2.30. The fourth-order valence-electron chi connectivity index (χ4n) is 1.46. The molecule has 1 heterocycles. The molecule has 0 amide bonds. The summed E-state index contributed by atoms with van der Waals surface area (Å²) in [5.41, 5.74) is 0.302. The van der Waals surface area contributed by atoms with E-state index in [-0.39, 0.29) is 12.0 Å². The molecule has 3 heteroatoms. The van der Waals surface area contributed by atoms with Crippen molar-refractivity contribution in [2.45, 2.75) is 32.3 Å². The van der Waals surface area contributed by atoms with Gasteiger partial charge in [-0.3, -0.25) is 0 Å². The van der Waals surface area contributed by atoms with Crippen LogP contribution in [0.5, 0.6) is 0 Å². The molecular weight excluding hydrogens is 168 g/mol. The molecule has 1 aliphatic heterocycles. The van der Waals surface area contributed by atoms with E-state index in [9.17, 15) is 4.79 Å². The number of hydrogen-bond acceptors (Lipinski definition) is 2. The number of rotatable bonds is 6. The van der Waals surface area contributed by atoms with Gasteiger partial charge in [0, 0.05) is 11.5 Å². The number of carbonyl (C=O) groups is 1. The first kappa shape index (κ1) is 10.3. The molecule has 1 aliphatic rings. The van der Waals surface area contributed by atoms with Crippen LogP contribution in [0.4, 0.5) is 0 Å². The number of hydrogen-bond donors (Lipinski definition) is 1. The third-order valence-electron chi connectivity index (χ3n) is 2.40. The Bertz CT molecular complexity index is 206. The lowest BCUT2D eigenvalue weighted by Gasteiger charge is -2.13. The van der Waals surface area contributed by atoms with Crippen molar-refractivity contribution >= 4 is 5.97 Å². The van der Waals surface area contributed by atoms with Crippen molar-refractivity contribution in [2.75, 3.05) is 6.61 Å². The normalized spacial score (nSPS) is 22.4. The SMILES string of the molecule is C=C(C(=O)O)C(CCCC)C1CO1. The van der Waals surface area contributed by atoms with Crippen LogP contribution < -0.4 is 0 Å². The molecular formula is C10H16O3. The third-order valence-corrected chi connectivity index (χ3v) is 2.40. The molecule has 2 atom stereocenters. The van der Waals surface area contributed by atoms with Crippen molar-refractivity contribution in [3.8, 4) is 0 Å². The molecule has 0 aliphatic carbocycles. The van der Waals surface area contributed by atoms with Gasteiger partial charge in [-0.05, 0) is 6.42 Å². The Kier molecular flexibility index (Phi) is 3.48. The van der Waals surface area contributed by atoms with Gasteiger partial charge in [0.25, 0.3) is 0 Å². The van der Waals surface area contributed by atoms with Crippen molar-refractivity contribution in [3.63, 3.8) is 0 Å². The minimum absolute atomic E-state index is 0.0254. The summed E-state index contributed by atoms with van der Waals surface area (Å²) < 4.78 is 5.11. The minimum Gasteiger partial charge on any atom is -0.478 e. The van der Waals surface area contributed by atoms with E-state index in [0.717, 1.165) is 19.3 Å². The maximum absolute atomic E-state index is 10.7. The molecule has 3 nitrogen and oxygen atoms in total. The lowest BCUT2D eigenvalue weighted by atomic mass is 9.91. The van der Waals surface area contributed by atoms with Crippen LogP contribution in [0.25, 0.3) is 0 Å². The molecule has 2 unspecified atom stereocenters. The highest BCUT2D eigenvalue weighted by atomic mass is 16.6. The van der Waals surface area contributed by atoms with Crippen LogP contribution in [0.1, 0.15) is 26.2 Å². The predicted octanol–water partition coefficient (Wildman–Crippen LogP) is 1.83. The largest absolute Gasteiger partial charge is 0.478 e. The van der Waals surface area contributed by atoms with Crippen LogP contribution in [-0.2, 0) is 9.53 Å². The predicted molar refractivity (Wildman–Crippen MR) is 49.5 cm³/mol. The van der Waals surface area contributed by atoms with Gasteiger partial charge in [-0.25, -0.2) is 4.79 Å². The smallest absolute Gasteiger partial charge is 0.331 e. The third kappa shape index (κ3) is 2.84. The molecule has 0 aromatic rings. The lowest BCUT2D eigenvalue weighted by Crippen LogP contribution is -2.17. The quantitative estimate of drug-likeness (QED) is 0.506. The number of carboxylic acids is 1. The first-order valence-electron chi connectivity index (χ1n) is 4.70. The Morgan fingerprint density at radius 2 is 2.38 bits per heavy atom. The summed E-state index contributed by atoms with van der Waals surface area (Å²) in [6, 6.07) is 0. The summed E-state index contributed by atoms with van der Waals surface area (Å²) >= 11 is 0. The van der Waals surface area contributed by atoms with Crippen molar-refractivity contribution < 1.29 is 14.6 Å². The first-order valence-corrected chi connectivity index (χ1v) is 4.70.